The minimum Gasteiger partial charge on any atom is -0.337 e. The summed E-state index contributed by atoms with van der Waals surface area (Å²) in [5.74, 6) is 0.0850. The Bertz CT molecular complexity index is 432. The molecule has 0 bridgehead atoms. The summed E-state index contributed by atoms with van der Waals surface area (Å²) >= 11 is 0. The van der Waals surface area contributed by atoms with Gasteiger partial charge in [0.15, 0.2) is 0 Å². The molecule has 1 aromatic heterocycles. The van der Waals surface area contributed by atoms with E-state index in [1.54, 1.807) is 4.68 Å². The summed E-state index contributed by atoms with van der Waals surface area (Å²) < 4.78 is 1.77. The Kier molecular flexibility index (Phi) is 3.19. The summed E-state index contributed by atoms with van der Waals surface area (Å²) in [6.07, 6.45) is 1.03. The van der Waals surface area contributed by atoms with Gasteiger partial charge >= 0.3 is 0 Å². The van der Waals surface area contributed by atoms with E-state index in [4.69, 9.17) is 0 Å². The predicted octanol–water partition coefficient (Wildman–Crippen LogP) is 0.471. The second-order valence-electron chi connectivity index (χ2n) is 4.73. The third kappa shape index (κ3) is 2.07. The lowest BCUT2D eigenvalue weighted by atomic mass is 10.1. The van der Waals surface area contributed by atoms with Gasteiger partial charge in [0.2, 0.25) is 0 Å². The van der Waals surface area contributed by atoms with Gasteiger partial charge in [0.1, 0.15) is 0 Å². The number of nitrogens with one attached hydrogen (secondary N) is 1. The summed E-state index contributed by atoms with van der Waals surface area (Å²) in [7, 11) is 3.75. The van der Waals surface area contributed by atoms with Gasteiger partial charge in [-0.05, 0) is 26.8 Å². The lowest BCUT2D eigenvalue weighted by Gasteiger charge is -2.23. The highest BCUT2D eigenvalue weighted by molar-refractivity contribution is 5.96. The molecule has 1 aliphatic rings. The summed E-state index contributed by atoms with van der Waals surface area (Å²) in [5, 5.41) is 7.57. The van der Waals surface area contributed by atoms with Crippen LogP contribution in [0.1, 0.15) is 28.2 Å². The van der Waals surface area contributed by atoms with Crippen LogP contribution in [0.4, 0.5) is 0 Å². The molecule has 2 rings (SSSR count). The molecule has 0 aliphatic carbocycles. The maximum atomic E-state index is 12.4. The number of carbonyl (C=O) groups is 1. The van der Waals surface area contributed by atoms with Crippen LogP contribution < -0.4 is 5.32 Å². The molecule has 5 nitrogen and oxygen atoms in total. The first-order valence-corrected chi connectivity index (χ1v) is 6.00. The summed E-state index contributed by atoms with van der Waals surface area (Å²) in [6.45, 7) is 5.71. The van der Waals surface area contributed by atoms with Crippen LogP contribution in [-0.4, -0.2) is 46.8 Å². The number of aromatic nitrogens is 2. The molecule has 0 saturated carbocycles. The van der Waals surface area contributed by atoms with Crippen molar-refractivity contribution in [2.45, 2.75) is 26.3 Å². The topological polar surface area (TPSA) is 50.2 Å². The molecule has 5 heteroatoms. The lowest BCUT2D eigenvalue weighted by Crippen LogP contribution is -2.38. The van der Waals surface area contributed by atoms with Crippen molar-refractivity contribution in [3.05, 3.63) is 17.0 Å². The van der Waals surface area contributed by atoms with Crippen LogP contribution >= 0.6 is 0 Å². The molecule has 1 aromatic rings. The Labute approximate surface area is 102 Å². The van der Waals surface area contributed by atoms with E-state index in [2.05, 4.69) is 10.4 Å². The highest BCUT2D eigenvalue weighted by Crippen LogP contribution is 2.17. The quantitative estimate of drug-likeness (QED) is 0.812. The third-order valence-corrected chi connectivity index (χ3v) is 3.63. The number of rotatable bonds is 2. The number of aryl methyl sites for hydroxylation is 2. The molecule has 1 amide bonds. The monoisotopic (exact) mass is 236 g/mol. The molecule has 1 fully saturated rings. The van der Waals surface area contributed by atoms with Gasteiger partial charge in [-0.3, -0.25) is 9.48 Å². The van der Waals surface area contributed by atoms with E-state index in [1.165, 1.54) is 0 Å². The first-order chi connectivity index (χ1) is 8.02. The smallest absolute Gasteiger partial charge is 0.257 e. The van der Waals surface area contributed by atoms with Crippen molar-refractivity contribution >= 4 is 5.91 Å². The molecular weight excluding hydrogens is 216 g/mol. The molecule has 1 saturated heterocycles. The number of likely N-dealkylation sites (N-methyl/N-ethyl adjacent to an activating group) is 1. The van der Waals surface area contributed by atoms with Crippen LogP contribution in [-0.2, 0) is 7.05 Å². The van der Waals surface area contributed by atoms with Crippen molar-refractivity contribution < 1.29 is 4.79 Å². The SMILES string of the molecule is Cc1nn(C)c(C)c1C(=O)N(C)[C@@H]1CCNC1. The highest BCUT2D eigenvalue weighted by Gasteiger charge is 2.27. The van der Waals surface area contributed by atoms with E-state index < -0.39 is 0 Å². The zero-order chi connectivity index (χ0) is 12.6. The lowest BCUT2D eigenvalue weighted by molar-refractivity contribution is 0.0742. The Balaban J connectivity index is 2.24. The largest absolute Gasteiger partial charge is 0.337 e. The molecule has 0 aromatic carbocycles. The van der Waals surface area contributed by atoms with Gasteiger partial charge in [0.25, 0.3) is 5.91 Å². The number of hydrogen-bond donors (Lipinski definition) is 1. The standard InChI is InChI=1S/C12H20N4O/c1-8-11(9(2)16(4)14-8)12(17)15(3)10-5-6-13-7-10/h10,13H,5-7H2,1-4H3/t10-/m1/s1. The second kappa shape index (κ2) is 4.49. The number of hydrogen-bond acceptors (Lipinski definition) is 3. The van der Waals surface area contributed by atoms with E-state index in [0.29, 0.717) is 6.04 Å². The number of carbonyl (C=O) groups excluding carboxylic acids is 1. The number of nitrogens with zero attached hydrogens (tertiary/aromatic N) is 3. The normalized spacial score (nSPS) is 19.6. The molecule has 17 heavy (non-hydrogen) atoms. The number of amides is 1. The van der Waals surface area contributed by atoms with Crippen molar-refractivity contribution in [2.24, 2.45) is 7.05 Å². The summed E-state index contributed by atoms with van der Waals surface area (Å²) in [6, 6.07) is 0.307. The minimum absolute atomic E-state index is 0.0850. The van der Waals surface area contributed by atoms with Crippen LogP contribution in [0, 0.1) is 13.8 Å². The molecular formula is C12H20N4O. The van der Waals surface area contributed by atoms with E-state index in [9.17, 15) is 4.79 Å². The molecule has 1 N–H and O–H groups in total. The van der Waals surface area contributed by atoms with Crippen molar-refractivity contribution in [3.63, 3.8) is 0 Å². The molecule has 94 valence electrons. The maximum absolute atomic E-state index is 12.4. The molecule has 1 aliphatic heterocycles. The molecule has 0 unspecified atom stereocenters. The Morgan fingerprint density at radius 2 is 2.24 bits per heavy atom. The van der Waals surface area contributed by atoms with Gasteiger partial charge in [0.05, 0.1) is 11.3 Å². The third-order valence-electron chi connectivity index (χ3n) is 3.63. The second-order valence-corrected chi connectivity index (χ2v) is 4.73. The Morgan fingerprint density at radius 1 is 1.53 bits per heavy atom. The zero-order valence-electron chi connectivity index (χ0n) is 10.9. The van der Waals surface area contributed by atoms with E-state index in [1.807, 2.05) is 32.8 Å². The average molecular weight is 236 g/mol. The zero-order valence-corrected chi connectivity index (χ0v) is 10.9. The summed E-state index contributed by atoms with van der Waals surface area (Å²) in [4.78, 5) is 14.3. The van der Waals surface area contributed by atoms with Crippen molar-refractivity contribution in [1.29, 1.82) is 0 Å². The van der Waals surface area contributed by atoms with Crippen molar-refractivity contribution in [3.8, 4) is 0 Å². The molecule has 1 atom stereocenters. The fourth-order valence-corrected chi connectivity index (χ4v) is 2.40. The van der Waals surface area contributed by atoms with E-state index in [0.717, 1.165) is 36.5 Å². The molecule has 0 radical (unpaired) electrons. The van der Waals surface area contributed by atoms with Crippen molar-refractivity contribution in [2.75, 3.05) is 20.1 Å². The molecule has 2 heterocycles. The van der Waals surface area contributed by atoms with Gasteiger partial charge < -0.3 is 10.2 Å². The van der Waals surface area contributed by atoms with Crippen LogP contribution in [0.3, 0.4) is 0 Å². The minimum atomic E-state index is 0.0850. The van der Waals surface area contributed by atoms with Crippen molar-refractivity contribution in [1.82, 2.24) is 20.0 Å². The van der Waals surface area contributed by atoms with E-state index >= 15 is 0 Å². The van der Waals surface area contributed by atoms with Gasteiger partial charge in [-0.25, -0.2) is 0 Å². The van der Waals surface area contributed by atoms with Gasteiger partial charge in [-0.1, -0.05) is 0 Å². The van der Waals surface area contributed by atoms with Crippen LogP contribution in [0.25, 0.3) is 0 Å². The Hall–Kier alpha value is -1.36. The average Bonchev–Trinajstić information content (AvgIpc) is 2.87. The van der Waals surface area contributed by atoms with Crippen LogP contribution in [0.2, 0.25) is 0 Å². The first kappa shape index (κ1) is 12.1. The first-order valence-electron chi connectivity index (χ1n) is 6.00. The Morgan fingerprint density at radius 3 is 2.71 bits per heavy atom. The van der Waals surface area contributed by atoms with E-state index in [-0.39, 0.29) is 5.91 Å². The van der Waals surface area contributed by atoms with Gasteiger partial charge in [0, 0.05) is 32.4 Å². The fourth-order valence-electron chi connectivity index (χ4n) is 2.40. The maximum Gasteiger partial charge on any atom is 0.257 e. The summed E-state index contributed by atoms with van der Waals surface area (Å²) in [5.41, 5.74) is 2.50. The highest BCUT2D eigenvalue weighted by atomic mass is 16.2. The van der Waals surface area contributed by atoms with Crippen LogP contribution in [0.5, 0.6) is 0 Å². The van der Waals surface area contributed by atoms with Crippen LogP contribution in [0.15, 0.2) is 0 Å². The van der Waals surface area contributed by atoms with Gasteiger partial charge in [-0.2, -0.15) is 5.10 Å². The molecule has 0 spiro atoms. The fraction of sp³-hybridized carbons (Fsp3) is 0.667. The predicted molar refractivity (Wildman–Crippen MR) is 66.1 cm³/mol. The van der Waals surface area contributed by atoms with Gasteiger partial charge in [-0.15, -0.1) is 0 Å².